The molecule has 0 spiro atoms. The van der Waals surface area contributed by atoms with Crippen molar-refractivity contribution < 1.29 is 28.6 Å². The number of anilines is 1. The first-order chi connectivity index (χ1) is 20.9. The van der Waals surface area contributed by atoms with Crippen LogP contribution in [0.1, 0.15) is 35.6 Å². The summed E-state index contributed by atoms with van der Waals surface area (Å²) < 4.78 is 17.5. The fraction of sp³-hybridized carbons (Fsp3) is 0.258. The molecule has 224 valence electrons. The van der Waals surface area contributed by atoms with E-state index >= 15 is 0 Å². The lowest BCUT2D eigenvalue weighted by Crippen LogP contribution is -2.26. The highest BCUT2D eigenvalue weighted by Crippen LogP contribution is 2.24. The van der Waals surface area contributed by atoms with Crippen LogP contribution in [-0.2, 0) is 27.3 Å². The van der Waals surface area contributed by atoms with Crippen molar-refractivity contribution in [3.8, 4) is 17.2 Å². The number of amides is 2. The van der Waals surface area contributed by atoms with Gasteiger partial charge in [0.1, 0.15) is 11.5 Å². The highest BCUT2D eigenvalue weighted by atomic mass is 32.2. The van der Waals surface area contributed by atoms with Gasteiger partial charge >= 0.3 is 5.97 Å². The van der Waals surface area contributed by atoms with Crippen LogP contribution in [0.3, 0.4) is 0 Å². The molecule has 2 amide bonds. The van der Waals surface area contributed by atoms with Crippen LogP contribution in [0.15, 0.2) is 78.0 Å². The van der Waals surface area contributed by atoms with Gasteiger partial charge in [0.25, 0.3) is 0 Å². The van der Waals surface area contributed by atoms with Gasteiger partial charge < -0.3 is 24.8 Å². The van der Waals surface area contributed by atoms with Crippen LogP contribution >= 0.6 is 11.8 Å². The molecule has 0 aliphatic rings. The molecule has 0 saturated heterocycles. The molecule has 12 heteroatoms. The SMILES string of the molecule is CCOC(=O)c1ccc(NC(=O)CSc2nnc(CNC(=O)Cc3ccc(OC)cc3)n2-c2ccc(OCC)cc2)cc1. The molecule has 0 aliphatic heterocycles. The van der Waals surface area contributed by atoms with E-state index in [0.29, 0.717) is 28.8 Å². The number of rotatable bonds is 14. The van der Waals surface area contributed by atoms with Crippen molar-refractivity contribution in [1.82, 2.24) is 20.1 Å². The van der Waals surface area contributed by atoms with Crippen molar-refractivity contribution in [2.24, 2.45) is 0 Å². The lowest BCUT2D eigenvalue weighted by Gasteiger charge is -2.12. The Morgan fingerprint density at radius 3 is 2.19 bits per heavy atom. The summed E-state index contributed by atoms with van der Waals surface area (Å²) in [6, 6.07) is 21.2. The summed E-state index contributed by atoms with van der Waals surface area (Å²) in [7, 11) is 1.59. The fourth-order valence-electron chi connectivity index (χ4n) is 4.03. The monoisotopic (exact) mass is 603 g/mol. The first-order valence-electron chi connectivity index (χ1n) is 13.7. The predicted molar refractivity (Wildman–Crippen MR) is 163 cm³/mol. The van der Waals surface area contributed by atoms with E-state index in [-0.39, 0.29) is 37.1 Å². The molecule has 0 aliphatic carbocycles. The molecule has 11 nitrogen and oxygen atoms in total. The van der Waals surface area contributed by atoms with Crippen molar-refractivity contribution in [3.63, 3.8) is 0 Å². The number of hydrogen-bond acceptors (Lipinski definition) is 9. The van der Waals surface area contributed by atoms with Crippen LogP contribution in [0.2, 0.25) is 0 Å². The molecule has 0 saturated carbocycles. The van der Waals surface area contributed by atoms with Gasteiger partial charge in [0.05, 0.1) is 44.6 Å². The van der Waals surface area contributed by atoms with E-state index in [9.17, 15) is 14.4 Å². The van der Waals surface area contributed by atoms with E-state index in [1.54, 1.807) is 42.9 Å². The van der Waals surface area contributed by atoms with Crippen molar-refractivity contribution in [3.05, 3.63) is 89.7 Å². The summed E-state index contributed by atoms with van der Waals surface area (Å²) in [4.78, 5) is 37.3. The van der Waals surface area contributed by atoms with Gasteiger partial charge in [-0.25, -0.2) is 4.79 Å². The zero-order valence-electron chi connectivity index (χ0n) is 24.2. The minimum Gasteiger partial charge on any atom is -0.497 e. The number of esters is 1. The number of carbonyl (C=O) groups is 3. The van der Waals surface area contributed by atoms with Gasteiger partial charge in [-0.05, 0) is 80.1 Å². The number of benzene rings is 3. The number of ether oxygens (including phenoxy) is 3. The average molecular weight is 604 g/mol. The van der Waals surface area contributed by atoms with Crippen LogP contribution in [0.25, 0.3) is 5.69 Å². The number of nitrogens with zero attached hydrogens (tertiary/aromatic N) is 3. The molecule has 0 atom stereocenters. The quantitative estimate of drug-likeness (QED) is 0.158. The minimum atomic E-state index is -0.419. The number of methoxy groups -OCH3 is 1. The van der Waals surface area contributed by atoms with E-state index in [2.05, 4.69) is 20.8 Å². The van der Waals surface area contributed by atoms with Gasteiger partial charge in [-0.1, -0.05) is 23.9 Å². The minimum absolute atomic E-state index is 0.0542. The molecule has 2 N–H and O–H groups in total. The maximum atomic E-state index is 12.7. The zero-order chi connectivity index (χ0) is 30.6. The Labute approximate surface area is 253 Å². The average Bonchev–Trinajstić information content (AvgIpc) is 3.43. The van der Waals surface area contributed by atoms with E-state index in [1.165, 1.54) is 11.8 Å². The summed E-state index contributed by atoms with van der Waals surface area (Å²) in [5.41, 5.74) is 2.56. The van der Waals surface area contributed by atoms with Crippen LogP contribution < -0.4 is 20.1 Å². The van der Waals surface area contributed by atoms with Crippen LogP contribution in [0.5, 0.6) is 11.5 Å². The number of hydrogen-bond donors (Lipinski definition) is 2. The first-order valence-corrected chi connectivity index (χ1v) is 14.7. The van der Waals surface area contributed by atoms with Crippen molar-refractivity contribution >= 4 is 35.2 Å². The lowest BCUT2D eigenvalue weighted by atomic mass is 10.1. The Morgan fingerprint density at radius 2 is 1.53 bits per heavy atom. The molecule has 3 aromatic carbocycles. The predicted octanol–water partition coefficient (Wildman–Crippen LogP) is 4.44. The van der Waals surface area contributed by atoms with Gasteiger partial charge in [0, 0.05) is 11.4 Å². The Morgan fingerprint density at radius 1 is 0.837 bits per heavy atom. The number of carbonyl (C=O) groups excluding carboxylic acids is 3. The maximum absolute atomic E-state index is 12.7. The third-order valence-corrected chi connectivity index (χ3v) is 7.01. The molecule has 1 aromatic heterocycles. The summed E-state index contributed by atoms with van der Waals surface area (Å²) in [5, 5.41) is 14.8. The normalized spacial score (nSPS) is 10.6. The largest absolute Gasteiger partial charge is 0.497 e. The summed E-state index contributed by atoms with van der Waals surface area (Å²) >= 11 is 1.21. The van der Waals surface area contributed by atoms with Crippen molar-refractivity contribution in [2.45, 2.75) is 32.0 Å². The van der Waals surface area contributed by atoms with Crippen molar-refractivity contribution in [1.29, 1.82) is 0 Å². The topological polar surface area (TPSA) is 134 Å². The third kappa shape index (κ3) is 8.82. The Balaban J connectivity index is 1.43. The maximum Gasteiger partial charge on any atom is 0.338 e. The molecule has 0 radical (unpaired) electrons. The number of nitrogens with one attached hydrogen (secondary N) is 2. The second-order valence-electron chi connectivity index (χ2n) is 9.10. The van der Waals surface area contributed by atoms with Gasteiger partial charge in [-0.2, -0.15) is 0 Å². The highest BCUT2D eigenvalue weighted by Gasteiger charge is 2.17. The van der Waals surface area contributed by atoms with E-state index in [1.807, 2.05) is 55.5 Å². The van der Waals surface area contributed by atoms with E-state index < -0.39 is 5.97 Å². The van der Waals surface area contributed by atoms with Gasteiger partial charge in [0.2, 0.25) is 11.8 Å². The van der Waals surface area contributed by atoms with Gasteiger partial charge in [-0.3, -0.25) is 14.2 Å². The Kier molecular flexibility index (Phi) is 11.1. The van der Waals surface area contributed by atoms with Crippen molar-refractivity contribution in [2.75, 3.05) is 31.4 Å². The summed E-state index contributed by atoms with van der Waals surface area (Å²) in [6.45, 7) is 4.61. The fourth-order valence-corrected chi connectivity index (χ4v) is 4.80. The molecular formula is C31H33N5O6S. The smallest absolute Gasteiger partial charge is 0.338 e. The molecule has 0 fully saturated rings. The first kappa shape index (κ1) is 31.1. The molecule has 43 heavy (non-hydrogen) atoms. The van der Waals surface area contributed by atoms with Crippen LogP contribution in [-0.4, -0.2) is 58.6 Å². The number of aromatic nitrogens is 3. The molecule has 0 unspecified atom stereocenters. The third-order valence-electron chi connectivity index (χ3n) is 6.09. The number of thioether (sulfide) groups is 1. The standard InChI is InChI=1S/C31H33N5O6S/c1-4-41-26-16-12-24(13-17-26)36-27(19-32-28(37)18-21-6-14-25(40-3)15-7-21)34-35-31(36)43-20-29(38)33-23-10-8-22(9-11-23)30(39)42-5-2/h6-17H,4-5,18-20H2,1-3H3,(H,32,37)(H,33,38). The van der Waals surface area contributed by atoms with Crippen LogP contribution in [0, 0.1) is 0 Å². The second kappa shape index (κ2) is 15.4. The highest BCUT2D eigenvalue weighted by molar-refractivity contribution is 7.99. The molecular weight excluding hydrogens is 570 g/mol. The molecule has 0 bridgehead atoms. The van der Waals surface area contributed by atoms with Gasteiger partial charge in [0.15, 0.2) is 11.0 Å². The molecule has 4 aromatic rings. The lowest BCUT2D eigenvalue weighted by molar-refractivity contribution is -0.120. The van der Waals surface area contributed by atoms with Gasteiger partial charge in [-0.15, -0.1) is 10.2 Å². The zero-order valence-corrected chi connectivity index (χ0v) is 25.0. The Hall–Kier alpha value is -4.84. The second-order valence-corrected chi connectivity index (χ2v) is 10.0. The molecule has 1 heterocycles. The van der Waals surface area contributed by atoms with E-state index in [4.69, 9.17) is 14.2 Å². The van der Waals surface area contributed by atoms with Crippen LogP contribution in [0.4, 0.5) is 5.69 Å². The summed E-state index contributed by atoms with van der Waals surface area (Å²) in [6.07, 6.45) is 0.198. The Bertz CT molecular complexity index is 1520. The molecule has 4 rings (SSSR count). The summed E-state index contributed by atoms with van der Waals surface area (Å²) in [5.74, 6) is 1.15. The van der Waals surface area contributed by atoms with E-state index in [0.717, 1.165) is 22.7 Å².